The second-order valence-corrected chi connectivity index (χ2v) is 8.38. The molecular formula is C30H23N5O2. The maximum atomic E-state index is 13.1. The van der Waals surface area contributed by atoms with Crippen molar-refractivity contribution in [3.63, 3.8) is 0 Å². The number of nitrogens with zero attached hydrogens (tertiary/aromatic N) is 3. The fraction of sp³-hybridized carbons (Fsp3) is 0.0333. The van der Waals surface area contributed by atoms with Gasteiger partial charge in [-0.2, -0.15) is 0 Å². The van der Waals surface area contributed by atoms with E-state index in [4.69, 9.17) is 0 Å². The van der Waals surface area contributed by atoms with Crippen LogP contribution < -0.4 is 10.6 Å². The number of carbonyl (C=O) groups is 2. The minimum atomic E-state index is -0.288. The number of benzene rings is 3. The molecule has 1 amide bonds. The van der Waals surface area contributed by atoms with E-state index in [-0.39, 0.29) is 11.7 Å². The number of rotatable bonds is 7. The molecule has 2 aromatic heterocycles. The highest BCUT2D eigenvalue weighted by atomic mass is 16.1. The Hall–Kier alpha value is -5.17. The lowest BCUT2D eigenvalue weighted by Crippen LogP contribution is -2.13. The van der Waals surface area contributed by atoms with E-state index in [0.717, 1.165) is 22.5 Å². The van der Waals surface area contributed by atoms with Crippen molar-refractivity contribution in [2.75, 3.05) is 10.6 Å². The monoisotopic (exact) mass is 485 g/mol. The molecule has 2 N–H and O–H groups in total. The van der Waals surface area contributed by atoms with Crippen molar-refractivity contribution in [2.24, 2.45) is 0 Å². The summed E-state index contributed by atoms with van der Waals surface area (Å²) >= 11 is 0. The van der Waals surface area contributed by atoms with Crippen molar-refractivity contribution < 1.29 is 9.59 Å². The molecule has 180 valence electrons. The highest BCUT2D eigenvalue weighted by molar-refractivity contribution is 6.10. The minimum Gasteiger partial charge on any atom is -0.339 e. The summed E-state index contributed by atoms with van der Waals surface area (Å²) in [4.78, 5) is 38.7. The first-order chi connectivity index (χ1) is 18.1. The maximum absolute atomic E-state index is 13.1. The van der Waals surface area contributed by atoms with Crippen LogP contribution >= 0.6 is 0 Å². The molecule has 5 rings (SSSR count). The molecule has 0 spiro atoms. The molecule has 0 bridgehead atoms. The number of amides is 1. The van der Waals surface area contributed by atoms with Gasteiger partial charge in [0, 0.05) is 46.0 Å². The fourth-order valence-corrected chi connectivity index (χ4v) is 3.88. The van der Waals surface area contributed by atoms with Crippen molar-refractivity contribution >= 4 is 28.9 Å². The average molecular weight is 486 g/mol. The lowest BCUT2D eigenvalue weighted by Gasteiger charge is -2.14. The molecule has 0 unspecified atom stereocenters. The zero-order valence-electron chi connectivity index (χ0n) is 20.1. The van der Waals surface area contributed by atoms with Crippen molar-refractivity contribution in [3.05, 3.63) is 132 Å². The molecule has 5 aromatic rings. The van der Waals surface area contributed by atoms with Crippen molar-refractivity contribution in [1.82, 2.24) is 15.0 Å². The van der Waals surface area contributed by atoms with E-state index in [2.05, 4.69) is 25.6 Å². The van der Waals surface area contributed by atoms with Crippen LogP contribution in [0.2, 0.25) is 0 Å². The van der Waals surface area contributed by atoms with Gasteiger partial charge in [0.25, 0.3) is 5.91 Å². The number of hydrogen-bond acceptors (Lipinski definition) is 6. The molecular weight excluding hydrogens is 462 g/mol. The second-order valence-electron chi connectivity index (χ2n) is 8.38. The number of pyridine rings is 1. The number of aromatic nitrogens is 3. The van der Waals surface area contributed by atoms with E-state index in [9.17, 15) is 9.59 Å². The van der Waals surface area contributed by atoms with Crippen LogP contribution in [0, 0.1) is 6.92 Å². The van der Waals surface area contributed by atoms with Gasteiger partial charge in [-0.25, -0.2) is 15.0 Å². The van der Waals surface area contributed by atoms with E-state index < -0.39 is 0 Å². The van der Waals surface area contributed by atoms with Crippen LogP contribution in [-0.4, -0.2) is 26.6 Å². The Kier molecular flexibility index (Phi) is 6.76. The Morgan fingerprint density at radius 1 is 0.730 bits per heavy atom. The summed E-state index contributed by atoms with van der Waals surface area (Å²) in [5.41, 5.74) is 5.35. The van der Waals surface area contributed by atoms with Gasteiger partial charge < -0.3 is 10.6 Å². The first kappa shape index (κ1) is 23.6. The summed E-state index contributed by atoms with van der Waals surface area (Å²) in [6.07, 6.45) is 4.87. The summed E-state index contributed by atoms with van der Waals surface area (Å²) in [7, 11) is 0. The zero-order valence-corrected chi connectivity index (χ0v) is 20.1. The van der Waals surface area contributed by atoms with Crippen molar-refractivity contribution in [3.8, 4) is 11.3 Å². The number of nitrogens with one attached hydrogen (secondary N) is 2. The van der Waals surface area contributed by atoms with Gasteiger partial charge in [-0.05, 0) is 55.0 Å². The molecule has 3 aromatic carbocycles. The molecule has 37 heavy (non-hydrogen) atoms. The maximum Gasteiger partial charge on any atom is 0.255 e. The summed E-state index contributed by atoms with van der Waals surface area (Å²) < 4.78 is 0. The molecule has 0 aliphatic carbocycles. The Bertz CT molecular complexity index is 1570. The SMILES string of the molecule is Cc1ccc(C(=O)Nc2cccc(C(=O)c3ccccc3)c2)cc1Nc1ncccc1-c1ccncn1. The molecule has 0 aliphatic rings. The average Bonchev–Trinajstić information content (AvgIpc) is 2.95. The van der Waals surface area contributed by atoms with Gasteiger partial charge in [-0.15, -0.1) is 0 Å². The number of ketones is 1. The van der Waals surface area contributed by atoms with Crippen LogP contribution in [0.3, 0.4) is 0 Å². The Balaban J connectivity index is 1.37. The van der Waals surface area contributed by atoms with E-state index in [1.807, 2.05) is 49.4 Å². The predicted octanol–water partition coefficient (Wildman–Crippen LogP) is 6.07. The van der Waals surface area contributed by atoms with Crippen LogP contribution in [0.5, 0.6) is 0 Å². The van der Waals surface area contributed by atoms with Gasteiger partial charge in [-0.1, -0.05) is 48.5 Å². The highest BCUT2D eigenvalue weighted by Crippen LogP contribution is 2.28. The molecule has 0 fully saturated rings. The van der Waals surface area contributed by atoms with Gasteiger partial charge in [0.2, 0.25) is 0 Å². The van der Waals surface area contributed by atoms with E-state index >= 15 is 0 Å². The molecule has 0 atom stereocenters. The summed E-state index contributed by atoms with van der Waals surface area (Å²) in [6, 6.07) is 27.0. The fourth-order valence-electron chi connectivity index (χ4n) is 3.88. The molecule has 0 saturated carbocycles. The lowest BCUT2D eigenvalue weighted by molar-refractivity contribution is 0.102. The highest BCUT2D eigenvalue weighted by Gasteiger charge is 2.14. The number of hydrogen-bond donors (Lipinski definition) is 2. The van der Waals surface area contributed by atoms with Gasteiger partial charge in [-0.3, -0.25) is 9.59 Å². The summed E-state index contributed by atoms with van der Waals surface area (Å²) in [6.45, 7) is 1.95. The van der Waals surface area contributed by atoms with E-state index in [1.54, 1.807) is 60.9 Å². The smallest absolute Gasteiger partial charge is 0.255 e. The largest absolute Gasteiger partial charge is 0.339 e. The molecule has 2 heterocycles. The van der Waals surface area contributed by atoms with Crippen LogP contribution in [0.25, 0.3) is 11.3 Å². The van der Waals surface area contributed by atoms with E-state index in [0.29, 0.717) is 28.2 Å². The third-order valence-electron chi connectivity index (χ3n) is 5.84. The Morgan fingerprint density at radius 2 is 1.57 bits per heavy atom. The minimum absolute atomic E-state index is 0.103. The Labute approximate surface area is 214 Å². The topological polar surface area (TPSA) is 96.9 Å². The normalized spacial score (nSPS) is 10.5. The first-order valence-electron chi connectivity index (χ1n) is 11.7. The molecule has 0 aliphatic heterocycles. The van der Waals surface area contributed by atoms with Crippen molar-refractivity contribution in [1.29, 1.82) is 0 Å². The van der Waals surface area contributed by atoms with Crippen LogP contribution in [0.15, 0.2) is 110 Å². The lowest BCUT2D eigenvalue weighted by atomic mass is 10.0. The molecule has 0 radical (unpaired) electrons. The zero-order chi connectivity index (χ0) is 25.6. The van der Waals surface area contributed by atoms with Crippen LogP contribution in [0.1, 0.15) is 31.8 Å². The quantitative estimate of drug-likeness (QED) is 0.272. The number of aryl methyl sites for hydroxylation is 1. The molecule has 7 nitrogen and oxygen atoms in total. The number of carbonyl (C=O) groups excluding carboxylic acids is 2. The molecule has 0 saturated heterocycles. The first-order valence-corrected chi connectivity index (χ1v) is 11.7. The summed E-state index contributed by atoms with van der Waals surface area (Å²) in [5.74, 6) is 0.228. The predicted molar refractivity (Wildman–Crippen MR) is 144 cm³/mol. The third kappa shape index (κ3) is 5.41. The number of anilines is 3. The Morgan fingerprint density at radius 3 is 2.38 bits per heavy atom. The van der Waals surface area contributed by atoms with Crippen molar-refractivity contribution in [2.45, 2.75) is 6.92 Å². The van der Waals surface area contributed by atoms with Gasteiger partial charge in [0.15, 0.2) is 5.78 Å². The van der Waals surface area contributed by atoms with Gasteiger partial charge in [0.1, 0.15) is 12.1 Å². The molecule has 7 heteroatoms. The van der Waals surface area contributed by atoms with Gasteiger partial charge in [0.05, 0.1) is 5.69 Å². The van der Waals surface area contributed by atoms with E-state index in [1.165, 1.54) is 6.33 Å². The second kappa shape index (κ2) is 10.6. The standard InChI is InChI=1S/C30H23N5O2/c1-20-12-13-23(18-27(20)35-29-25(11-6-15-32-29)26-14-16-31-19-33-26)30(37)34-24-10-5-9-22(17-24)28(36)21-7-3-2-4-8-21/h2-19H,1H3,(H,32,35)(H,34,37). The van der Waals surface area contributed by atoms with Crippen LogP contribution in [-0.2, 0) is 0 Å². The van der Waals surface area contributed by atoms with Crippen LogP contribution in [0.4, 0.5) is 17.2 Å². The third-order valence-corrected chi connectivity index (χ3v) is 5.84. The summed E-state index contributed by atoms with van der Waals surface area (Å²) in [5, 5.41) is 6.25. The van der Waals surface area contributed by atoms with Gasteiger partial charge >= 0.3 is 0 Å².